The summed E-state index contributed by atoms with van der Waals surface area (Å²) in [7, 11) is 0. The van der Waals surface area contributed by atoms with Crippen molar-refractivity contribution in [1.82, 2.24) is 10.2 Å². The van der Waals surface area contributed by atoms with E-state index < -0.39 is 29.2 Å². The van der Waals surface area contributed by atoms with Crippen molar-refractivity contribution >= 4 is 63.5 Å². The first-order valence-electron chi connectivity index (χ1n) is 7.95. The average molecular weight is 442 g/mol. The van der Waals surface area contributed by atoms with Crippen LogP contribution in [0, 0.1) is 0 Å². The molecule has 0 unspecified atom stereocenters. The van der Waals surface area contributed by atoms with E-state index in [4.69, 9.17) is 5.21 Å². The first-order valence-corrected chi connectivity index (χ1v) is 10.9. The van der Waals surface area contributed by atoms with Crippen LogP contribution in [0.15, 0.2) is 33.9 Å². The number of carbonyl (C=O) groups excluding carboxylic acids is 3. The van der Waals surface area contributed by atoms with Gasteiger partial charge < -0.3 is 15.6 Å². The van der Waals surface area contributed by atoms with Crippen LogP contribution in [-0.2, 0) is 19.2 Å². The quantitative estimate of drug-likeness (QED) is 0.257. The summed E-state index contributed by atoms with van der Waals surface area (Å²) in [6, 6.07) is 2.37. The second-order valence-corrected chi connectivity index (χ2v) is 9.03. The number of thioether (sulfide) groups is 2. The number of carboxylic acids is 1. The summed E-state index contributed by atoms with van der Waals surface area (Å²) in [4.78, 5) is 49.4. The Morgan fingerprint density at radius 1 is 1.43 bits per heavy atom. The summed E-state index contributed by atoms with van der Waals surface area (Å²) in [5, 5.41) is 25.2. The van der Waals surface area contributed by atoms with Crippen LogP contribution in [0.5, 0.6) is 0 Å². The van der Waals surface area contributed by atoms with Crippen LogP contribution >= 0.6 is 34.9 Å². The van der Waals surface area contributed by atoms with E-state index in [1.807, 2.05) is 0 Å². The number of thiophene rings is 1. The highest BCUT2D eigenvalue weighted by atomic mass is 32.2. The molecule has 0 spiro atoms. The molecule has 2 amide bonds. The van der Waals surface area contributed by atoms with Crippen LogP contribution in [-0.4, -0.2) is 66.7 Å². The van der Waals surface area contributed by atoms with E-state index >= 15 is 0 Å². The first kappa shape index (κ1) is 20.4. The van der Waals surface area contributed by atoms with Crippen molar-refractivity contribution < 1.29 is 29.5 Å². The van der Waals surface area contributed by atoms with E-state index in [9.17, 15) is 24.3 Å². The lowest BCUT2D eigenvalue weighted by Gasteiger charge is -2.49. The predicted octanol–water partition coefficient (Wildman–Crippen LogP) is 0.945. The lowest BCUT2D eigenvalue weighted by Crippen LogP contribution is -2.71. The smallest absolute Gasteiger partial charge is 0.352 e. The summed E-state index contributed by atoms with van der Waals surface area (Å²) < 4.78 is 0. The van der Waals surface area contributed by atoms with E-state index in [1.54, 1.807) is 17.5 Å². The number of aliphatic carboxylic acids is 1. The van der Waals surface area contributed by atoms with Crippen molar-refractivity contribution in [2.45, 2.75) is 18.3 Å². The molecule has 1 fully saturated rings. The largest absolute Gasteiger partial charge is 0.477 e. The maximum atomic E-state index is 12.6. The van der Waals surface area contributed by atoms with Gasteiger partial charge >= 0.3 is 5.97 Å². The number of hydrogen-bond donors (Lipinski definition) is 3. The number of nitrogens with zero attached hydrogens (tertiary/aromatic N) is 2. The minimum atomic E-state index is -1.25. The highest BCUT2D eigenvalue weighted by molar-refractivity contribution is 8.13. The van der Waals surface area contributed by atoms with Gasteiger partial charge in [0.25, 0.3) is 11.8 Å². The maximum absolute atomic E-state index is 12.6. The monoisotopic (exact) mass is 441 g/mol. The number of fused-ring (bicyclic) bond motifs is 1. The summed E-state index contributed by atoms with van der Waals surface area (Å²) in [5.74, 6) is -2.01. The van der Waals surface area contributed by atoms with Crippen LogP contribution < -0.4 is 5.32 Å². The molecule has 3 rings (SSSR count). The molecule has 0 saturated carbocycles. The molecular weight excluding hydrogens is 426 g/mol. The molecule has 148 valence electrons. The molecule has 3 heterocycles. The fourth-order valence-corrected chi connectivity index (χ4v) is 5.61. The molecule has 1 aromatic heterocycles. The van der Waals surface area contributed by atoms with Crippen molar-refractivity contribution in [3.63, 3.8) is 0 Å². The molecule has 9 nitrogen and oxygen atoms in total. The van der Waals surface area contributed by atoms with Crippen LogP contribution in [0.1, 0.15) is 11.8 Å². The van der Waals surface area contributed by atoms with E-state index in [0.29, 0.717) is 16.2 Å². The molecule has 12 heteroatoms. The van der Waals surface area contributed by atoms with Gasteiger partial charge in [-0.25, -0.2) is 4.79 Å². The van der Waals surface area contributed by atoms with Gasteiger partial charge in [0.05, 0.1) is 4.88 Å². The third-order valence-electron chi connectivity index (χ3n) is 4.06. The lowest BCUT2D eigenvalue weighted by molar-refractivity contribution is -0.150. The Morgan fingerprint density at radius 3 is 2.75 bits per heavy atom. The number of carboxylic acid groups (broad SMARTS) is 1. The van der Waals surface area contributed by atoms with Gasteiger partial charge in [-0.15, -0.1) is 23.1 Å². The molecule has 3 N–H and O–H groups in total. The number of β-lactam (4-membered cyclic amide) rings is 1. The number of oxime groups is 1. The van der Waals surface area contributed by atoms with Crippen molar-refractivity contribution in [3.05, 3.63) is 33.7 Å². The SMILES string of the molecule is CC(=O)SCC1=C(C(=O)O)N2C(=O)[C@@H](NC(=O)C(=NO)c3cccs3)[C@@H]2SC1. The molecular formula is C16H15N3O6S3. The number of carbonyl (C=O) groups is 4. The Morgan fingerprint density at radius 2 is 2.18 bits per heavy atom. The highest BCUT2D eigenvalue weighted by Gasteiger charge is 2.54. The van der Waals surface area contributed by atoms with Gasteiger partial charge in [-0.2, -0.15) is 0 Å². The molecule has 0 aliphatic carbocycles. The number of nitrogens with one attached hydrogen (secondary N) is 1. The first-order chi connectivity index (χ1) is 13.3. The van der Waals surface area contributed by atoms with Gasteiger partial charge in [0.2, 0.25) is 0 Å². The Bertz CT molecular complexity index is 895. The molecule has 2 aliphatic rings. The minimum absolute atomic E-state index is 0.137. The normalized spacial score (nSPS) is 21.8. The summed E-state index contributed by atoms with van der Waals surface area (Å²) in [6.45, 7) is 1.39. The van der Waals surface area contributed by atoms with Crippen LogP contribution in [0.3, 0.4) is 0 Å². The van der Waals surface area contributed by atoms with Gasteiger partial charge in [0.15, 0.2) is 10.8 Å². The van der Waals surface area contributed by atoms with E-state index in [0.717, 1.165) is 16.7 Å². The van der Waals surface area contributed by atoms with Crippen molar-refractivity contribution in [1.29, 1.82) is 0 Å². The second-order valence-electron chi connectivity index (χ2n) is 5.82. The van der Waals surface area contributed by atoms with Crippen LogP contribution in [0.4, 0.5) is 0 Å². The third-order valence-corrected chi connectivity index (χ3v) is 7.17. The Labute approximate surface area is 171 Å². The molecule has 2 aliphatic heterocycles. The molecule has 2 atom stereocenters. The zero-order chi connectivity index (χ0) is 20.4. The highest BCUT2D eigenvalue weighted by Crippen LogP contribution is 2.41. The number of amides is 2. The standard InChI is InChI=1S/C16H15N3O6S3/c1-7(20)27-5-8-6-28-15-11(14(22)19(15)12(8)16(23)24)17-13(21)10(18-25)9-3-2-4-26-9/h2-4,11,15,25H,5-6H2,1H3,(H,17,21)(H,23,24)/t11-,15+/m1/s1. The zero-order valence-corrected chi connectivity index (χ0v) is 16.9. The van der Waals surface area contributed by atoms with Gasteiger partial charge in [-0.05, 0) is 17.0 Å². The molecule has 0 radical (unpaired) electrons. The minimum Gasteiger partial charge on any atom is -0.477 e. The Hall–Kier alpha value is -2.31. The number of hydrogen-bond acceptors (Lipinski definition) is 9. The average Bonchev–Trinajstić information content (AvgIpc) is 3.18. The Kier molecular flexibility index (Phi) is 6.10. The van der Waals surface area contributed by atoms with Crippen molar-refractivity contribution in [3.8, 4) is 0 Å². The molecule has 1 aromatic rings. The lowest BCUT2D eigenvalue weighted by atomic mass is 10.0. The van der Waals surface area contributed by atoms with Gasteiger partial charge in [0, 0.05) is 18.4 Å². The third kappa shape index (κ3) is 3.80. The van der Waals surface area contributed by atoms with Gasteiger partial charge in [0.1, 0.15) is 17.1 Å². The summed E-state index contributed by atoms with van der Waals surface area (Å²) >= 11 is 3.50. The summed E-state index contributed by atoms with van der Waals surface area (Å²) in [5.41, 5.74) is 0.139. The topological polar surface area (TPSA) is 136 Å². The van der Waals surface area contributed by atoms with Crippen LogP contribution in [0.2, 0.25) is 0 Å². The number of rotatable bonds is 6. The van der Waals surface area contributed by atoms with Gasteiger partial charge in [-0.1, -0.05) is 23.0 Å². The van der Waals surface area contributed by atoms with E-state index in [-0.39, 0.29) is 22.3 Å². The summed E-state index contributed by atoms with van der Waals surface area (Å²) in [6.07, 6.45) is 0. The van der Waals surface area contributed by atoms with E-state index in [2.05, 4.69) is 10.5 Å². The fourth-order valence-electron chi connectivity index (χ4n) is 2.81. The van der Waals surface area contributed by atoms with Crippen LogP contribution in [0.25, 0.3) is 0 Å². The molecule has 1 saturated heterocycles. The zero-order valence-electron chi connectivity index (χ0n) is 14.4. The fraction of sp³-hybridized carbons (Fsp3) is 0.312. The van der Waals surface area contributed by atoms with E-state index in [1.165, 1.54) is 30.0 Å². The molecule has 0 aromatic carbocycles. The predicted molar refractivity (Wildman–Crippen MR) is 105 cm³/mol. The van der Waals surface area contributed by atoms with Crippen molar-refractivity contribution in [2.24, 2.45) is 5.16 Å². The molecule has 28 heavy (non-hydrogen) atoms. The van der Waals surface area contributed by atoms with Crippen molar-refractivity contribution in [2.75, 3.05) is 11.5 Å². The van der Waals surface area contributed by atoms with Gasteiger partial charge in [-0.3, -0.25) is 19.3 Å². The maximum Gasteiger partial charge on any atom is 0.352 e. The Balaban J connectivity index is 1.76. The second kappa shape index (κ2) is 8.37. The molecule has 0 bridgehead atoms.